The first-order valence-electron chi connectivity index (χ1n) is 7.32. The molecule has 3 rings (SSSR count). The maximum Gasteiger partial charge on any atom is 0.339 e. The maximum atomic E-state index is 11.2. The van der Waals surface area contributed by atoms with Crippen LogP contribution in [-0.4, -0.2) is 63.4 Å². The molecule has 0 aromatic carbocycles. The number of hydrogen-bond donors (Lipinski definition) is 1. The molecule has 0 unspecified atom stereocenters. The Bertz CT molecular complexity index is 487. The van der Waals surface area contributed by atoms with Crippen molar-refractivity contribution in [2.24, 2.45) is 13.0 Å². The molecule has 1 aliphatic heterocycles. The predicted octanol–water partition coefficient (Wildman–Crippen LogP) is 0.646. The van der Waals surface area contributed by atoms with Gasteiger partial charge in [-0.25, -0.2) is 4.79 Å². The summed E-state index contributed by atoms with van der Waals surface area (Å²) in [4.78, 5) is 16.0. The van der Waals surface area contributed by atoms with E-state index in [9.17, 15) is 9.90 Å². The minimum atomic E-state index is -0.888. The minimum Gasteiger partial charge on any atom is -0.478 e. The molecule has 1 saturated carbocycles. The quantitative estimate of drug-likeness (QED) is 0.856. The summed E-state index contributed by atoms with van der Waals surface area (Å²) >= 11 is 0. The highest BCUT2D eigenvalue weighted by Crippen LogP contribution is 2.30. The first-order valence-corrected chi connectivity index (χ1v) is 7.32. The summed E-state index contributed by atoms with van der Waals surface area (Å²) in [5, 5.41) is 13.2. The van der Waals surface area contributed by atoms with Gasteiger partial charge in [0.1, 0.15) is 5.56 Å². The van der Waals surface area contributed by atoms with Crippen molar-refractivity contribution in [3.05, 3.63) is 17.5 Å². The SMILES string of the molecule is Cn1ncc(C(=O)O)c1CN1CCN(CC2CC2)CC1. The third-order valence-corrected chi connectivity index (χ3v) is 4.34. The van der Waals surface area contributed by atoms with Gasteiger partial charge < -0.3 is 10.0 Å². The van der Waals surface area contributed by atoms with E-state index in [2.05, 4.69) is 14.9 Å². The Kier molecular flexibility index (Phi) is 3.76. The van der Waals surface area contributed by atoms with Gasteiger partial charge in [0.2, 0.25) is 0 Å². The minimum absolute atomic E-state index is 0.327. The van der Waals surface area contributed by atoms with E-state index in [0.29, 0.717) is 12.1 Å². The normalized spacial score (nSPS) is 21.2. The number of aromatic nitrogens is 2. The Balaban J connectivity index is 1.56. The first kappa shape index (κ1) is 13.6. The summed E-state index contributed by atoms with van der Waals surface area (Å²) in [7, 11) is 1.81. The molecule has 0 spiro atoms. The molecule has 2 heterocycles. The molecule has 1 aliphatic carbocycles. The van der Waals surface area contributed by atoms with Crippen LogP contribution in [0.25, 0.3) is 0 Å². The van der Waals surface area contributed by atoms with Gasteiger partial charge in [-0.15, -0.1) is 0 Å². The number of piperazine rings is 1. The maximum absolute atomic E-state index is 11.2. The summed E-state index contributed by atoms with van der Waals surface area (Å²) < 4.78 is 1.68. The molecule has 0 amide bonds. The number of aryl methyl sites for hydroxylation is 1. The fourth-order valence-electron chi connectivity index (χ4n) is 2.84. The second kappa shape index (κ2) is 5.54. The van der Waals surface area contributed by atoms with E-state index in [4.69, 9.17) is 0 Å². The Hall–Kier alpha value is -1.40. The lowest BCUT2D eigenvalue weighted by molar-refractivity contribution is 0.0692. The van der Waals surface area contributed by atoms with Gasteiger partial charge in [0.15, 0.2) is 0 Å². The van der Waals surface area contributed by atoms with Crippen molar-refractivity contribution < 1.29 is 9.90 Å². The van der Waals surface area contributed by atoms with Crippen molar-refractivity contribution in [1.82, 2.24) is 19.6 Å². The number of carboxylic acid groups (broad SMARTS) is 1. The van der Waals surface area contributed by atoms with E-state index >= 15 is 0 Å². The van der Waals surface area contributed by atoms with Gasteiger partial charge in [-0.3, -0.25) is 9.58 Å². The number of nitrogens with zero attached hydrogens (tertiary/aromatic N) is 4. The van der Waals surface area contributed by atoms with Crippen LogP contribution < -0.4 is 0 Å². The summed E-state index contributed by atoms with van der Waals surface area (Å²) in [5.41, 5.74) is 1.13. The topological polar surface area (TPSA) is 61.6 Å². The van der Waals surface area contributed by atoms with Gasteiger partial charge in [-0.2, -0.15) is 5.10 Å². The van der Waals surface area contributed by atoms with Gasteiger partial charge >= 0.3 is 5.97 Å². The van der Waals surface area contributed by atoms with E-state index < -0.39 is 5.97 Å². The number of hydrogen-bond acceptors (Lipinski definition) is 4. The molecular formula is C14H22N4O2. The van der Waals surface area contributed by atoms with Crippen molar-refractivity contribution in [3.63, 3.8) is 0 Å². The monoisotopic (exact) mass is 278 g/mol. The van der Waals surface area contributed by atoms with Crippen LogP contribution in [0, 0.1) is 5.92 Å². The average molecular weight is 278 g/mol. The molecule has 2 fully saturated rings. The summed E-state index contributed by atoms with van der Waals surface area (Å²) in [6, 6.07) is 0. The summed E-state index contributed by atoms with van der Waals surface area (Å²) in [6.45, 7) is 6.14. The van der Waals surface area contributed by atoms with Crippen LogP contribution in [0.4, 0.5) is 0 Å². The molecular weight excluding hydrogens is 256 g/mol. The molecule has 2 aliphatic rings. The van der Waals surface area contributed by atoms with Crippen LogP contribution in [0.5, 0.6) is 0 Å². The smallest absolute Gasteiger partial charge is 0.339 e. The number of aromatic carboxylic acids is 1. The van der Waals surface area contributed by atoms with Crippen LogP contribution in [0.3, 0.4) is 0 Å². The standard InChI is InChI=1S/C14H22N4O2/c1-16-13(12(8-15-16)14(19)20)10-18-6-4-17(5-7-18)9-11-2-3-11/h8,11H,2-7,9-10H2,1H3,(H,19,20). The Labute approximate surface area is 119 Å². The molecule has 1 N–H and O–H groups in total. The summed E-state index contributed by atoms with van der Waals surface area (Å²) in [6.07, 6.45) is 4.25. The largest absolute Gasteiger partial charge is 0.478 e. The molecule has 0 atom stereocenters. The first-order chi connectivity index (χ1) is 9.63. The highest BCUT2D eigenvalue weighted by atomic mass is 16.4. The number of carbonyl (C=O) groups is 1. The molecule has 20 heavy (non-hydrogen) atoms. The lowest BCUT2D eigenvalue weighted by Gasteiger charge is -2.34. The molecule has 6 nitrogen and oxygen atoms in total. The van der Waals surface area contributed by atoms with Crippen molar-refractivity contribution in [2.45, 2.75) is 19.4 Å². The van der Waals surface area contributed by atoms with Crippen LogP contribution in [0.2, 0.25) is 0 Å². The molecule has 0 bridgehead atoms. The summed E-state index contributed by atoms with van der Waals surface area (Å²) in [5.74, 6) is 0.0534. The zero-order chi connectivity index (χ0) is 14.1. The molecule has 110 valence electrons. The van der Waals surface area contributed by atoms with Gasteiger partial charge in [-0.05, 0) is 18.8 Å². The zero-order valence-electron chi connectivity index (χ0n) is 12.0. The van der Waals surface area contributed by atoms with Crippen LogP contribution in [0.1, 0.15) is 28.9 Å². The third-order valence-electron chi connectivity index (χ3n) is 4.34. The van der Waals surface area contributed by atoms with Crippen LogP contribution >= 0.6 is 0 Å². The fourth-order valence-corrected chi connectivity index (χ4v) is 2.84. The zero-order valence-corrected chi connectivity index (χ0v) is 12.0. The van der Waals surface area contributed by atoms with E-state index in [1.165, 1.54) is 25.6 Å². The van der Waals surface area contributed by atoms with E-state index in [1.54, 1.807) is 4.68 Å². The second-order valence-electron chi connectivity index (χ2n) is 5.95. The molecule has 1 aromatic rings. The molecule has 6 heteroatoms. The lowest BCUT2D eigenvalue weighted by Crippen LogP contribution is -2.46. The van der Waals surface area contributed by atoms with Crippen molar-refractivity contribution in [3.8, 4) is 0 Å². The molecule has 1 saturated heterocycles. The van der Waals surface area contributed by atoms with E-state index in [1.807, 2.05) is 7.05 Å². The van der Waals surface area contributed by atoms with Gasteiger partial charge in [0.05, 0.1) is 11.9 Å². The predicted molar refractivity (Wildman–Crippen MR) is 74.6 cm³/mol. The molecule has 1 aromatic heterocycles. The Morgan fingerprint density at radius 2 is 1.95 bits per heavy atom. The lowest BCUT2D eigenvalue weighted by atomic mass is 10.2. The Morgan fingerprint density at radius 3 is 2.55 bits per heavy atom. The fraction of sp³-hybridized carbons (Fsp3) is 0.714. The third kappa shape index (κ3) is 3.02. The van der Waals surface area contributed by atoms with Gasteiger partial charge in [0, 0.05) is 46.3 Å². The van der Waals surface area contributed by atoms with Gasteiger partial charge in [-0.1, -0.05) is 0 Å². The second-order valence-corrected chi connectivity index (χ2v) is 5.95. The van der Waals surface area contributed by atoms with Gasteiger partial charge in [0.25, 0.3) is 0 Å². The van der Waals surface area contributed by atoms with Crippen LogP contribution in [-0.2, 0) is 13.6 Å². The van der Waals surface area contributed by atoms with Crippen molar-refractivity contribution in [2.75, 3.05) is 32.7 Å². The Morgan fingerprint density at radius 1 is 1.30 bits per heavy atom. The van der Waals surface area contributed by atoms with Crippen LogP contribution in [0.15, 0.2) is 6.20 Å². The van der Waals surface area contributed by atoms with E-state index in [-0.39, 0.29) is 0 Å². The highest BCUT2D eigenvalue weighted by Gasteiger charge is 2.27. The number of rotatable bonds is 5. The number of carboxylic acids is 1. The van der Waals surface area contributed by atoms with E-state index in [0.717, 1.165) is 37.8 Å². The highest BCUT2D eigenvalue weighted by molar-refractivity contribution is 5.88. The average Bonchev–Trinajstić information content (AvgIpc) is 3.16. The van der Waals surface area contributed by atoms with Crippen molar-refractivity contribution in [1.29, 1.82) is 0 Å². The van der Waals surface area contributed by atoms with Crippen molar-refractivity contribution >= 4 is 5.97 Å². The molecule has 0 radical (unpaired) electrons.